The zero-order valence-electron chi connectivity index (χ0n) is 11.6. The van der Waals surface area contributed by atoms with Crippen molar-refractivity contribution in [3.8, 4) is 0 Å². The van der Waals surface area contributed by atoms with Gasteiger partial charge in [0.05, 0.1) is 5.56 Å². The summed E-state index contributed by atoms with van der Waals surface area (Å²) in [5.41, 5.74) is 2.88. The van der Waals surface area contributed by atoms with Crippen LogP contribution in [0.5, 0.6) is 0 Å². The lowest BCUT2D eigenvalue weighted by Crippen LogP contribution is -2.21. The Balaban J connectivity index is 1.67. The Morgan fingerprint density at radius 1 is 1.10 bits per heavy atom. The summed E-state index contributed by atoms with van der Waals surface area (Å²) in [4.78, 5) is 11.8. The van der Waals surface area contributed by atoms with Gasteiger partial charge in [0.25, 0.3) is 0 Å². The molecule has 20 heavy (non-hydrogen) atoms. The molecule has 0 heterocycles. The fraction of sp³-hybridized carbons (Fsp3) is 0.235. The molecule has 0 aromatic heterocycles. The van der Waals surface area contributed by atoms with Gasteiger partial charge in [-0.3, -0.25) is 0 Å². The normalized spacial score (nSPS) is 10.2. The highest BCUT2D eigenvalue weighted by Crippen LogP contribution is 2.05. The van der Waals surface area contributed by atoms with E-state index in [-0.39, 0.29) is 5.97 Å². The molecule has 104 valence electrons. The van der Waals surface area contributed by atoms with Crippen molar-refractivity contribution < 1.29 is 9.53 Å². The monoisotopic (exact) mass is 269 g/mol. The fourth-order valence-corrected chi connectivity index (χ4v) is 1.90. The first-order valence-corrected chi connectivity index (χ1v) is 6.74. The Bertz CT molecular complexity index is 552. The topological polar surface area (TPSA) is 38.3 Å². The molecule has 0 aliphatic carbocycles. The number of aryl methyl sites for hydroxylation is 1. The van der Waals surface area contributed by atoms with E-state index in [1.807, 2.05) is 43.3 Å². The van der Waals surface area contributed by atoms with Crippen LogP contribution in [-0.4, -0.2) is 19.1 Å². The fourth-order valence-electron chi connectivity index (χ4n) is 1.90. The van der Waals surface area contributed by atoms with Crippen molar-refractivity contribution in [1.29, 1.82) is 0 Å². The van der Waals surface area contributed by atoms with Gasteiger partial charge in [0.15, 0.2) is 0 Å². The molecule has 3 heteroatoms. The summed E-state index contributed by atoms with van der Waals surface area (Å²) in [7, 11) is 0. The summed E-state index contributed by atoms with van der Waals surface area (Å²) < 4.78 is 5.22. The van der Waals surface area contributed by atoms with Gasteiger partial charge in [-0.05, 0) is 24.6 Å². The summed E-state index contributed by atoms with van der Waals surface area (Å²) in [5, 5.41) is 3.24. The van der Waals surface area contributed by atoms with Gasteiger partial charge in [0.1, 0.15) is 6.61 Å². The van der Waals surface area contributed by atoms with Gasteiger partial charge >= 0.3 is 5.97 Å². The highest BCUT2D eigenvalue weighted by molar-refractivity contribution is 5.89. The maximum atomic E-state index is 11.8. The predicted molar refractivity (Wildman–Crippen MR) is 79.6 cm³/mol. The smallest absolute Gasteiger partial charge is 0.338 e. The van der Waals surface area contributed by atoms with E-state index in [1.54, 1.807) is 6.07 Å². The van der Waals surface area contributed by atoms with Crippen LogP contribution in [0.1, 0.15) is 21.5 Å². The van der Waals surface area contributed by atoms with Crippen LogP contribution in [0.15, 0.2) is 54.6 Å². The average molecular weight is 269 g/mol. The van der Waals surface area contributed by atoms with Crippen molar-refractivity contribution in [2.45, 2.75) is 13.5 Å². The second-order valence-electron chi connectivity index (χ2n) is 4.67. The molecular formula is C17H19NO2. The van der Waals surface area contributed by atoms with E-state index in [0.29, 0.717) is 18.7 Å². The molecule has 2 aromatic carbocycles. The summed E-state index contributed by atoms with van der Waals surface area (Å²) in [6, 6.07) is 17.6. The molecule has 0 aliphatic rings. The number of carbonyl (C=O) groups is 1. The Morgan fingerprint density at radius 3 is 2.65 bits per heavy atom. The van der Waals surface area contributed by atoms with E-state index in [9.17, 15) is 4.79 Å². The molecule has 2 rings (SSSR count). The quantitative estimate of drug-likeness (QED) is 0.647. The zero-order valence-corrected chi connectivity index (χ0v) is 11.6. The van der Waals surface area contributed by atoms with Crippen LogP contribution < -0.4 is 5.32 Å². The van der Waals surface area contributed by atoms with Crippen molar-refractivity contribution in [1.82, 2.24) is 5.32 Å². The summed E-state index contributed by atoms with van der Waals surface area (Å²) >= 11 is 0. The van der Waals surface area contributed by atoms with E-state index >= 15 is 0 Å². The minimum Gasteiger partial charge on any atom is -0.461 e. The van der Waals surface area contributed by atoms with Gasteiger partial charge in [0, 0.05) is 13.1 Å². The number of esters is 1. The Labute approximate surface area is 119 Å². The van der Waals surface area contributed by atoms with Crippen molar-refractivity contribution in [2.24, 2.45) is 0 Å². The van der Waals surface area contributed by atoms with Gasteiger partial charge < -0.3 is 10.1 Å². The van der Waals surface area contributed by atoms with Crippen molar-refractivity contribution in [3.63, 3.8) is 0 Å². The summed E-state index contributed by atoms with van der Waals surface area (Å²) in [5.74, 6) is -0.268. The van der Waals surface area contributed by atoms with Gasteiger partial charge in [-0.1, -0.05) is 48.0 Å². The SMILES string of the molecule is Cc1cccc(C(=O)OCCNCc2ccccc2)c1. The van der Waals surface area contributed by atoms with E-state index in [1.165, 1.54) is 5.56 Å². The number of hydrogen-bond acceptors (Lipinski definition) is 3. The number of ether oxygens (including phenoxy) is 1. The molecule has 0 unspecified atom stereocenters. The molecule has 0 amide bonds. The van der Waals surface area contributed by atoms with Crippen LogP contribution in [0, 0.1) is 6.92 Å². The summed E-state index contributed by atoms with van der Waals surface area (Å²) in [6.07, 6.45) is 0. The number of nitrogens with one attached hydrogen (secondary N) is 1. The highest BCUT2D eigenvalue weighted by atomic mass is 16.5. The van der Waals surface area contributed by atoms with Crippen LogP contribution in [0.3, 0.4) is 0 Å². The minimum atomic E-state index is -0.268. The molecular weight excluding hydrogens is 250 g/mol. The van der Waals surface area contributed by atoms with Gasteiger partial charge in [-0.15, -0.1) is 0 Å². The molecule has 0 saturated carbocycles. The summed E-state index contributed by atoms with van der Waals surface area (Å²) in [6.45, 7) is 3.76. The minimum absolute atomic E-state index is 0.268. The lowest BCUT2D eigenvalue weighted by atomic mass is 10.1. The molecule has 2 aromatic rings. The Kier molecular flexibility index (Phi) is 5.33. The van der Waals surface area contributed by atoms with Crippen LogP contribution in [0.4, 0.5) is 0 Å². The molecule has 0 saturated heterocycles. The standard InChI is InChI=1S/C17H19NO2/c1-14-6-5-9-16(12-14)17(19)20-11-10-18-13-15-7-3-2-4-8-15/h2-9,12,18H,10-11,13H2,1H3. The van der Waals surface area contributed by atoms with E-state index in [0.717, 1.165) is 12.1 Å². The molecule has 0 fully saturated rings. The lowest BCUT2D eigenvalue weighted by Gasteiger charge is -2.07. The molecule has 0 aliphatic heterocycles. The number of carbonyl (C=O) groups excluding carboxylic acids is 1. The van der Waals surface area contributed by atoms with Gasteiger partial charge in [0.2, 0.25) is 0 Å². The van der Waals surface area contributed by atoms with Crippen LogP contribution in [0.2, 0.25) is 0 Å². The van der Waals surface area contributed by atoms with E-state index < -0.39 is 0 Å². The largest absolute Gasteiger partial charge is 0.461 e. The number of benzene rings is 2. The van der Waals surface area contributed by atoms with Crippen LogP contribution >= 0.6 is 0 Å². The van der Waals surface area contributed by atoms with Crippen LogP contribution in [-0.2, 0) is 11.3 Å². The van der Waals surface area contributed by atoms with Crippen molar-refractivity contribution in [3.05, 3.63) is 71.3 Å². The van der Waals surface area contributed by atoms with Gasteiger partial charge in [-0.2, -0.15) is 0 Å². The van der Waals surface area contributed by atoms with E-state index in [4.69, 9.17) is 4.74 Å². The predicted octanol–water partition coefficient (Wildman–Crippen LogP) is 2.94. The van der Waals surface area contributed by atoms with Crippen molar-refractivity contribution >= 4 is 5.97 Å². The second kappa shape index (κ2) is 7.46. The number of hydrogen-bond donors (Lipinski definition) is 1. The third-order valence-electron chi connectivity index (χ3n) is 2.94. The number of rotatable bonds is 6. The first-order valence-electron chi connectivity index (χ1n) is 6.74. The van der Waals surface area contributed by atoms with E-state index in [2.05, 4.69) is 17.4 Å². The molecule has 0 atom stereocenters. The molecule has 1 N–H and O–H groups in total. The van der Waals surface area contributed by atoms with Gasteiger partial charge in [-0.25, -0.2) is 4.79 Å². The molecule has 3 nitrogen and oxygen atoms in total. The molecule has 0 spiro atoms. The van der Waals surface area contributed by atoms with Crippen LogP contribution in [0.25, 0.3) is 0 Å². The maximum absolute atomic E-state index is 11.8. The molecule has 0 bridgehead atoms. The Hall–Kier alpha value is -2.13. The first-order chi connectivity index (χ1) is 9.75. The third kappa shape index (κ3) is 4.52. The second-order valence-corrected chi connectivity index (χ2v) is 4.67. The zero-order chi connectivity index (χ0) is 14.2. The first kappa shape index (κ1) is 14.3. The maximum Gasteiger partial charge on any atom is 0.338 e. The van der Waals surface area contributed by atoms with Crippen molar-refractivity contribution in [2.75, 3.05) is 13.2 Å². The molecule has 0 radical (unpaired) electrons. The highest BCUT2D eigenvalue weighted by Gasteiger charge is 2.06. The third-order valence-corrected chi connectivity index (χ3v) is 2.94. The lowest BCUT2D eigenvalue weighted by molar-refractivity contribution is 0.0508. The average Bonchev–Trinajstić information content (AvgIpc) is 2.48. The Morgan fingerprint density at radius 2 is 1.90 bits per heavy atom.